The number of anilines is 2. The molecular formula is C24H21ClN4O3S. The molecule has 1 heterocycles. The molecule has 1 N–H and O–H groups in total. The van der Waals surface area contributed by atoms with Crippen molar-refractivity contribution in [3.8, 4) is 0 Å². The molecule has 0 saturated carbocycles. The number of benzene rings is 3. The molecule has 4 aromatic rings. The van der Waals surface area contributed by atoms with E-state index in [1.54, 1.807) is 59.4 Å². The number of carbonyl (C=O) groups excluding carboxylic acids is 1. The second-order valence-corrected chi connectivity index (χ2v) is 9.63. The van der Waals surface area contributed by atoms with Gasteiger partial charge in [0, 0.05) is 23.7 Å². The van der Waals surface area contributed by atoms with Crippen LogP contribution in [0.5, 0.6) is 0 Å². The van der Waals surface area contributed by atoms with Crippen LogP contribution in [0.2, 0.25) is 5.02 Å². The highest BCUT2D eigenvalue weighted by Crippen LogP contribution is 2.23. The summed E-state index contributed by atoms with van der Waals surface area (Å²) in [6, 6.07) is 23.7. The Morgan fingerprint density at radius 1 is 1.00 bits per heavy atom. The van der Waals surface area contributed by atoms with Gasteiger partial charge in [0.05, 0.1) is 23.3 Å². The van der Waals surface area contributed by atoms with E-state index in [0.29, 0.717) is 23.1 Å². The van der Waals surface area contributed by atoms with Crippen molar-refractivity contribution in [1.29, 1.82) is 0 Å². The second-order valence-electron chi connectivity index (χ2n) is 7.26. The van der Waals surface area contributed by atoms with E-state index >= 15 is 0 Å². The zero-order chi connectivity index (χ0) is 23.4. The lowest BCUT2D eigenvalue weighted by atomic mass is 10.2. The first-order chi connectivity index (χ1) is 15.9. The van der Waals surface area contributed by atoms with Crippen LogP contribution in [0.25, 0.3) is 0 Å². The minimum Gasteiger partial charge on any atom is -0.307 e. The van der Waals surface area contributed by atoms with Crippen LogP contribution in [0, 0.1) is 0 Å². The molecule has 4 rings (SSSR count). The summed E-state index contributed by atoms with van der Waals surface area (Å²) in [7, 11) is -2.37. The van der Waals surface area contributed by atoms with Crippen LogP contribution in [-0.4, -0.2) is 31.2 Å². The summed E-state index contributed by atoms with van der Waals surface area (Å²) < 4.78 is 29.0. The van der Waals surface area contributed by atoms with Crippen LogP contribution in [0.15, 0.2) is 96.0 Å². The van der Waals surface area contributed by atoms with Gasteiger partial charge in [-0.15, -0.1) is 0 Å². The van der Waals surface area contributed by atoms with Gasteiger partial charge in [-0.1, -0.05) is 54.1 Å². The Balaban J connectivity index is 1.55. The van der Waals surface area contributed by atoms with Crippen LogP contribution >= 0.6 is 11.6 Å². The van der Waals surface area contributed by atoms with Gasteiger partial charge in [-0.2, -0.15) is 5.10 Å². The van der Waals surface area contributed by atoms with Gasteiger partial charge in [0.15, 0.2) is 0 Å². The number of halogens is 1. The topological polar surface area (TPSA) is 84.3 Å². The van der Waals surface area contributed by atoms with Gasteiger partial charge in [-0.25, -0.2) is 13.1 Å². The van der Waals surface area contributed by atoms with Gasteiger partial charge in [-0.3, -0.25) is 9.10 Å². The van der Waals surface area contributed by atoms with E-state index < -0.39 is 15.9 Å². The molecule has 0 bridgehead atoms. The van der Waals surface area contributed by atoms with E-state index in [4.69, 9.17) is 11.6 Å². The van der Waals surface area contributed by atoms with E-state index in [2.05, 4.69) is 10.4 Å². The molecule has 0 atom stereocenters. The molecule has 33 heavy (non-hydrogen) atoms. The zero-order valence-corrected chi connectivity index (χ0v) is 19.3. The number of carbonyl (C=O) groups is 1. The van der Waals surface area contributed by atoms with Crippen molar-refractivity contribution in [2.75, 3.05) is 16.7 Å². The molecule has 0 aliphatic heterocycles. The molecular weight excluding hydrogens is 460 g/mol. The Labute approximate surface area is 197 Å². The maximum absolute atomic E-state index is 13.1. The minimum atomic E-state index is -3.84. The van der Waals surface area contributed by atoms with Crippen molar-refractivity contribution >= 4 is 39.0 Å². The first-order valence-electron chi connectivity index (χ1n) is 10.1. The SMILES string of the molecule is CN(c1ccccc1)S(=O)(=O)c1cccc(C(=O)Nc2ccnn2Cc2ccccc2Cl)c1. The molecule has 1 amide bonds. The predicted octanol–water partition coefficient (Wildman–Crippen LogP) is 4.66. The van der Waals surface area contributed by atoms with E-state index in [9.17, 15) is 13.2 Å². The maximum atomic E-state index is 13.1. The number of amides is 1. The first kappa shape index (κ1) is 22.6. The molecule has 9 heteroatoms. The number of sulfonamides is 1. The molecule has 0 saturated heterocycles. The standard InChI is InChI=1S/C24H21ClN4O3S/c1-28(20-10-3-2-4-11-20)33(31,32)21-12-7-9-18(16-21)24(30)27-23-14-15-26-29(23)17-19-8-5-6-13-22(19)25/h2-16H,17H2,1H3,(H,27,30). The van der Waals surface area contributed by atoms with E-state index in [1.165, 1.54) is 23.5 Å². The van der Waals surface area contributed by atoms with Gasteiger partial charge >= 0.3 is 0 Å². The Bertz CT molecular complexity index is 1390. The summed E-state index contributed by atoms with van der Waals surface area (Å²) in [4.78, 5) is 12.9. The third-order valence-corrected chi connectivity index (χ3v) is 7.26. The van der Waals surface area contributed by atoms with Gasteiger partial charge in [0.2, 0.25) is 0 Å². The van der Waals surface area contributed by atoms with Gasteiger partial charge in [0.1, 0.15) is 5.82 Å². The highest BCUT2D eigenvalue weighted by atomic mass is 35.5. The molecule has 7 nitrogen and oxygen atoms in total. The molecule has 0 unspecified atom stereocenters. The molecule has 0 radical (unpaired) electrons. The third-order valence-electron chi connectivity index (χ3n) is 5.11. The van der Waals surface area contributed by atoms with Crippen LogP contribution < -0.4 is 9.62 Å². The Morgan fingerprint density at radius 3 is 2.48 bits per heavy atom. The average molecular weight is 481 g/mol. The van der Waals surface area contributed by atoms with Crippen LogP contribution in [-0.2, 0) is 16.6 Å². The number of nitrogens with one attached hydrogen (secondary N) is 1. The number of rotatable bonds is 7. The van der Waals surface area contributed by atoms with Crippen molar-refractivity contribution in [1.82, 2.24) is 9.78 Å². The molecule has 0 aliphatic rings. The van der Waals surface area contributed by atoms with Gasteiger partial charge in [-0.05, 0) is 42.0 Å². The van der Waals surface area contributed by atoms with Crippen molar-refractivity contribution in [3.63, 3.8) is 0 Å². The first-order valence-corrected chi connectivity index (χ1v) is 11.9. The molecule has 0 spiro atoms. The van der Waals surface area contributed by atoms with E-state index in [0.717, 1.165) is 5.56 Å². The highest BCUT2D eigenvalue weighted by molar-refractivity contribution is 7.92. The summed E-state index contributed by atoms with van der Waals surface area (Å²) in [5, 5.41) is 7.65. The van der Waals surface area contributed by atoms with E-state index in [-0.39, 0.29) is 10.5 Å². The summed E-state index contributed by atoms with van der Waals surface area (Å²) in [5.74, 6) is 0.0184. The monoisotopic (exact) mass is 480 g/mol. The third kappa shape index (κ3) is 4.92. The molecule has 168 valence electrons. The van der Waals surface area contributed by atoms with Crippen molar-refractivity contribution in [3.05, 3.63) is 107 Å². The molecule has 0 aliphatic carbocycles. The summed E-state index contributed by atoms with van der Waals surface area (Å²) in [6.07, 6.45) is 1.57. The normalized spacial score (nSPS) is 11.2. The maximum Gasteiger partial charge on any atom is 0.264 e. The zero-order valence-electron chi connectivity index (χ0n) is 17.7. The molecule has 3 aromatic carbocycles. The number of hydrogen-bond acceptors (Lipinski definition) is 4. The second kappa shape index (κ2) is 9.48. The summed E-state index contributed by atoms with van der Waals surface area (Å²) in [5.41, 5.74) is 1.59. The fraction of sp³-hybridized carbons (Fsp3) is 0.0833. The lowest BCUT2D eigenvalue weighted by Crippen LogP contribution is -2.26. The van der Waals surface area contributed by atoms with Gasteiger partial charge in [0.25, 0.3) is 15.9 Å². The lowest BCUT2D eigenvalue weighted by molar-refractivity contribution is 0.102. The quantitative estimate of drug-likeness (QED) is 0.417. The Hall–Kier alpha value is -3.62. The fourth-order valence-electron chi connectivity index (χ4n) is 3.27. The highest BCUT2D eigenvalue weighted by Gasteiger charge is 2.22. The number of aromatic nitrogens is 2. The van der Waals surface area contributed by atoms with Crippen molar-refractivity contribution in [2.24, 2.45) is 0 Å². The van der Waals surface area contributed by atoms with E-state index in [1.807, 2.05) is 24.3 Å². The number of hydrogen-bond donors (Lipinski definition) is 1. The largest absolute Gasteiger partial charge is 0.307 e. The Kier molecular flexibility index (Phi) is 6.48. The summed E-state index contributed by atoms with van der Waals surface area (Å²) >= 11 is 6.24. The van der Waals surface area contributed by atoms with Crippen LogP contribution in [0.1, 0.15) is 15.9 Å². The fourth-order valence-corrected chi connectivity index (χ4v) is 4.71. The summed E-state index contributed by atoms with van der Waals surface area (Å²) in [6.45, 7) is 0.374. The minimum absolute atomic E-state index is 0.0195. The number of nitrogens with zero attached hydrogens (tertiary/aromatic N) is 3. The predicted molar refractivity (Wildman–Crippen MR) is 129 cm³/mol. The van der Waals surface area contributed by atoms with Crippen LogP contribution in [0.3, 0.4) is 0 Å². The number of para-hydroxylation sites is 1. The smallest absolute Gasteiger partial charge is 0.264 e. The molecule has 1 aromatic heterocycles. The lowest BCUT2D eigenvalue weighted by Gasteiger charge is -2.19. The average Bonchev–Trinajstić information content (AvgIpc) is 3.27. The molecule has 0 fully saturated rings. The van der Waals surface area contributed by atoms with Gasteiger partial charge < -0.3 is 5.32 Å². The Morgan fingerprint density at radius 2 is 1.73 bits per heavy atom. The van der Waals surface area contributed by atoms with Crippen molar-refractivity contribution in [2.45, 2.75) is 11.4 Å². The van der Waals surface area contributed by atoms with Crippen molar-refractivity contribution < 1.29 is 13.2 Å². The van der Waals surface area contributed by atoms with Crippen LogP contribution in [0.4, 0.5) is 11.5 Å².